The fourth-order valence-corrected chi connectivity index (χ4v) is 11.8. The molecule has 5 N–H and O–H groups in total. The molecule has 0 amide bonds. The molecule has 1 aromatic heterocycles. The van der Waals surface area contributed by atoms with Gasteiger partial charge >= 0.3 is 13.5 Å². The molecular weight excluding hydrogens is 651 g/mol. The number of aromatic nitrogens is 2. The Morgan fingerprint density at radius 1 is 1.14 bits per heavy atom. The van der Waals surface area contributed by atoms with Crippen LogP contribution in [0, 0.1) is 40.4 Å². The minimum atomic E-state index is -4.53. The number of nitrogens with one attached hydrogen (secondary N) is 1. The van der Waals surface area contributed by atoms with Gasteiger partial charge in [0.25, 0.3) is 5.56 Å². The van der Waals surface area contributed by atoms with Crippen LogP contribution in [0.15, 0.2) is 33.5 Å². The molecule has 0 bridgehead atoms. The smallest absolute Gasteiger partial charge is 0.390 e. The molecule has 1 aliphatic heterocycles. The lowest BCUT2D eigenvalue weighted by Crippen LogP contribution is -2.55. The number of fused-ring (bicyclic) bond motifs is 5. The zero-order valence-corrected chi connectivity index (χ0v) is 30.5. The van der Waals surface area contributed by atoms with Crippen LogP contribution >= 0.6 is 7.82 Å². The van der Waals surface area contributed by atoms with Gasteiger partial charge in [-0.2, -0.15) is 0 Å². The zero-order chi connectivity index (χ0) is 35.5. The third-order valence-electron chi connectivity index (χ3n) is 13.3. The summed E-state index contributed by atoms with van der Waals surface area (Å²) in [5, 5.41) is 32.4. The van der Waals surface area contributed by atoms with Crippen molar-refractivity contribution in [2.24, 2.45) is 40.4 Å². The van der Waals surface area contributed by atoms with Gasteiger partial charge in [0.05, 0.1) is 30.5 Å². The van der Waals surface area contributed by atoms with Gasteiger partial charge < -0.3 is 24.9 Å². The predicted molar refractivity (Wildman–Crippen MR) is 182 cm³/mol. The summed E-state index contributed by atoms with van der Waals surface area (Å²) < 4.78 is 30.9. The molecule has 49 heavy (non-hydrogen) atoms. The Bertz CT molecular complexity index is 1550. The number of phosphoric ester groups is 1. The number of rotatable bonds is 11. The first-order chi connectivity index (χ1) is 22.9. The molecule has 4 aliphatic carbocycles. The second-order valence-corrected chi connectivity index (χ2v) is 18.4. The van der Waals surface area contributed by atoms with E-state index in [1.807, 2.05) is 19.9 Å². The van der Waals surface area contributed by atoms with Crippen molar-refractivity contribution in [3.8, 4) is 0 Å². The molecule has 6 rings (SSSR count). The number of nitrogens with zero attached hydrogens (tertiary/aromatic N) is 1. The highest BCUT2D eigenvalue weighted by molar-refractivity contribution is 7.47. The highest BCUT2D eigenvalue weighted by Crippen LogP contribution is 2.67. The first kappa shape index (κ1) is 37.1. The largest absolute Gasteiger partial charge is 0.472 e. The Hall–Kier alpha value is -1.63. The summed E-state index contributed by atoms with van der Waals surface area (Å²) in [5.41, 5.74) is -0.695. The first-order valence-corrected chi connectivity index (χ1v) is 19.8. The van der Waals surface area contributed by atoms with Crippen LogP contribution in [0.5, 0.6) is 0 Å². The van der Waals surface area contributed by atoms with Crippen molar-refractivity contribution in [2.75, 3.05) is 6.61 Å². The second-order valence-electron chi connectivity index (χ2n) is 17.0. The first-order valence-electron chi connectivity index (χ1n) is 18.3. The molecule has 4 fully saturated rings. The second kappa shape index (κ2) is 13.7. The molecule has 1 saturated heterocycles. The molecule has 13 unspecified atom stereocenters. The van der Waals surface area contributed by atoms with Crippen LogP contribution in [0.4, 0.5) is 0 Å². The van der Waals surface area contributed by atoms with E-state index in [-0.39, 0.29) is 23.2 Å². The van der Waals surface area contributed by atoms with Crippen molar-refractivity contribution >= 4 is 7.82 Å². The number of phosphoric acid groups is 1. The molecule has 13 atom stereocenters. The lowest BCUT2D eigenvalue weighted by atomic mass is 9.46. The monoisotopic (exact) mass is 708 g/mol. The third kappa shape index (κ3) is 7.49. The molecule has 0 aromatic carbocycles. The molecule has 1 aromatic rings. The summed E-state index contributed by atoms with van der Waals surface area (Å²) in [6.45, 7) is 10.5. The third-order valence-corrected chi connectivity index (χ3v) is 14.4. The van der Waals surface area contributed by atoms with Crippen LogP contribution < -0.4 is 11.2 Å². The highest BCUT2D eigenvalue weighted by atomic mass is 31.2. The summed E-state index contributed by atoms with van der Waals surface area (Å²) in [5.74, 6) is 2.17. The molecule has 12 nitrogen and oxygen atoms in total. The number of aromatic amines is 1. The number of hydrogen-bond acceptors (Lipinski definition) is 9. The fraction of sp³-hybridized carbons (Fsp3) is 0.833. The minimum absolute atomic E-state index is 0.0409. The van der Waals surface area contributed by atoms with Crippen molar-refractivity contribution < 1.29 is 38.6 Å². The molecule has 0 radical (unpaired) electrons. The molecule has 2 heterocycles. The average molecular weight is 709 g/mol. The number of aliphatic hydroxyl groups excluding tert-OH is 2. The minimum Gasteiger partial charge on any atom is -0.390 e. The number of H-pyrrole nitrogens is 1. The topological polar surface area (TPSA) is 181 Å². The van der Waals surface area contributed by atoms with Crippen molar-refractivity contribution in [2.45, 2.75) is 141 Å². The summed E-state index contributed by atoms with van der Waals surface area (Å²) in [6.07, 6.45) is 8.58. The van der Waals surface area contributed by atoms with E-state index in [2.05, 4.69) is 25.8 Å². The van der Waals surface area contributed by atoms with E-state index in [1.54, 1.807) is 0 Å². The van der Waals surface area contributed by atoms with Crippen molar-refractivity contribution in [1.82, 2.24) is 9.55 Å². The van der Waals surface area contributed by atoms with Crippen LogP contribution in [-0.2, 0) is 18.3 Å². The maximum atomic E-state index is 13.1. The van der Waals surface area contributed by atoms with E-state index in [0.29, 0.717) is 36.5 Å². The molecule has 13 heteroatoms. The molecule has 0 spiro atoms. The summed E-state index contributed by atoms with van der Waals surface area (Å²) in [4.78, 5) is 36.3. The summed E-state index contributed by atoms with van der Waals surface area (Å²) in [7, 11) is -4.53. The Morgan fingerprint density at radius 3 is 2.61 bits per heavy atom. The standard InChI is InChI=1S/C36H57N2O10P/c1-21(7-6-13-34(2,3)43)24-8-9-25-32-26(11-15-36(24,25)5)35(4)14-10-23(17-22(35)18-28(32)40)48-49(44,45)46-20-29-27(39)19-31(47-29)38-16-12-30(41)37-33(38)42/h12,16,18,21,23-29,31-32,39-40,43H,6-11,13-15,17,19-20H2,1-5H3,(H,44,45)(H,37,41,42). The zero-order valence-electron chi connectivity index (χ0n) is 29.6. The Labute approximate surface area is 288 Å². The van der Waals surface area contributed by atoms with Gasteiger partial charge in [-0.1, -0.05) is 45.3 Å². The fourth-order valence-electron chi connectivity index (χ4n) is 10.8. The van der Waals surface area contributed by atoms with Crippen LogP contribution in [0.2, 0.25) is 0 Å². The van der Waals surface area contributed by atoms with Gasteiger partial charge in [-0.05, 0) is 106 Å². The quantitative estimate of drug-likeness (QED) is 0.158. The normalized spacial score (nSPS) is 40.9. The van der Waals surface area contributed by atoms with Gasteiger partial charge in [-0.15, -0.1) is 0 Å². The van der Waals surface area contributed by atoms with Crippen molar-refractivity contribution in [1.29, 1.82) is 0 Å². The molecular formula is C36H57N2O10P. The van der Waals surface area contributed by atoms with Crippen molar-refractivity contribution in [3.05, 3.63) is 44.8 Å². The SMILES string of the molecule is CC(CCCC(C)(C)O)C1CCC2C3C(O)C=C4CC(OP(=O)(O)OCC5OC(n6ccc(=O)[nH]c6=O)CC5O)CCC4(C)C3CCC12C. The number of hydrogen-bond donors (Lipinski definition) is 5. The number of ether oxygens (including phenoxy) is 1. The van der Waals surface area contributed by atoms with Crippen LogP contribution in [0.1, 0.15) is 111 Å². The molecule has 3 saturated carbocycles. The van der Waals surface area contributed by atoms with E-state index in [1.165, 1.54) is 18.7 Å². The maximum Gasteiger partial charge on any atom is 0.472 e. The summed E-state index contributed by atoms with van der Waals surface area (Å²) in [6, 6.07) is 1.17. The molecule has 5 aliphatic rings. The average Bonchev–Trinajstić information content (AvgIpc) is 3.55. The van der Waals surface area contributed by atoms with Gasteiger partial charge in [-0.3, -0.25) is 23.4 Å². The Kier molecular flexibility index (Phi) is 10.4. The van der Waals surface area contributed by atoms with Gasteiger partial charge in [0, 0.05) is 18.7 Å². The van der Waals surface area contributed by atoms with Gasteiger partial charge in [0.1, 0.15) is 12.3 Å². The lowest BCUT2D eigenvalue weighted by Gasteiger charge is -2.59. The molecule has 276 valence electrons. The highest BCUT2D eigenvalue weighted by Gasteiger charge is 2.61. The van der Waals surface area contributed by atoms with Crippen LogP contribution in [0.25, 0.3) is 0 Å². The summed E-state index contributed by atoms with van der Waals surface area (Å²) >= 11 is 0. The maximum absolute atomic E-state index is 13.1. The van der Waals surface area contributed by atoms with Crippen LogP contribution in [-0.4, -0.2) is 66.4 Å². The lowest BCUT2D eigenvalue weighted by molar-refractivity contribution is -0.0974. The Balaban J connectivity index is 1.06. The Morgan fingerprint density at radius 2 is 1.90 bits per heavy atom. The van der Waals surface area contributed by atoms with Crippen LogP contribution in [0.3, 0.4) is 0 Å². The van der Waals surface area contributed by atoms with E-state index in [4.69, 9.17) is 13.8 Å². The van der Waals surface area contributed by atoms with E-state index >= 15 is 0 Å². The van der Waals surface area contributed by atoms with Gasteiger partial charge in [0.2, 0.25) is 0 Å². The van der Waals surface area contributed by atoms with Gasteiger partial charge in [0.15, 0.2) is 0 Å². The van der Waals surface area contributed by atoms with Gasteiger partial charge in [-0.25, -0.2) is 9.36 Å². The predicted octanol–water partition coefficient (Wildman–Crippen LogP) is 4.81. The van der Waals surface area contributed by atoms with E-state index in [0.717, 1.165) is 55.1 Å². The van der Waals surface area contributed by atoms with Crippen molar-refractivity contribution in [3.63, 3.8) is 0 Å². The number of aliphatic hydroxyl groups is 3. The van der Waals surface area contributed by atoms with E-state index in [9.17, 15) is 34.4 Å². The van der Waals surface area contributed by atoms with E-state index < -0.39 is 61.9 Å².